The predicted octanol–water partition coefficient (Wildman–Crippen LogP) is 6.14. The first kappa shape index (κ1) is 23.0. The number of hydrogen-bond acceptors (Lipinski definition) is 3. The Balaban J connectivity index is 1.96. The maximum atomic E-state index is 13.9. The molecule has 0 atom stereocenters. The third-order valence-corrected chi connectivity index (χ3v) is 5.81. The molecule has 1 heterocycles. The van der Waals surface area contributed by atoms with Crippen LogP contribution in [0.15, 0.2) is 89.9 Å². The fourth-order valence-corrected chi connectivity index (χ4v) is 4.09. The molecule has 0 aliphatic carbocycles. The van der Waals surface area contributed by atoms with Crippen molar-refractivity contribution in [2.45, 2.75) is 20.4 Å². The summed E-state index contributed by atoms with van der Waals surface area (Å²) in [6, 6.07) is 25.3. The van der Waals surface area contributed by atoms with Crippen LogP contribution in [0.1, 0.15) is 38.2 Å². The minimum absolute atomic E-state index is 0.156. The Kier molecular flexibility index (Phi) is 6.88. The van der Waals surface area contributed by atoms with Crippen LogP contribution in [0.3, 0.4) is 0 Å². The van der Waals surface area contributed by atoms with Crippen LogP contribution in [0.5, 0.6) is 0 Å². The van der Waals surface area contributed by atoms with Gasteiger partial charge in [-0.05, 0) is 42.2 Å². The number of aryl methyl sites for hydroxylation is 2. The number of ether oxygens (including phenoxy) is 1. The Morgan fingerprint density at radius 3 is 2.26 bits per heavy atom. The highest BCUT2D eigenvalue weighted by Crippen LogP contribution is 2.29. The van der Waals surface area contributed by atoms with Crippen LogP contribution in [0.2, 0.25) is 0 Å². The quantitative estimate of drug-likeness (QED) is 0.332. The summed E-state index contributed by atoms with van der Waals surface area (Å²) in [5, 5.41) is 0. The lowest BCUT2D eigenvalue weighted by atomic mass is 9.92. The van der Waals surface area contributed by atoms with Crippen molar-refractivity contribution in [3.8, 4) is 11.1 Å². The number of pyridine rings is 1. The predicted molar refractivity (Wildman–Crippen MR) is 138 cm³/mol. The van der Waals surface area contributed by atoms with E-state index in [1.807, 2.05) is 105 Å². The Morgan fingerprint density at radius 1 is 0.912 bits per heavy atom. The van der Waals surface area contributed by atoms with Crippen LogP contribution < -0.4 is 5.56 Å². The van der Waals surface area contributed by atoms with Gasteiger partial charge in [0.1, 0.15) is 0 Å². The van der Waals surface area contributed by atoms with E-state index in [1.54, 1.807) is 10.6 Å². The zero-order valence-corrected chi connectivity index (χ0v) is 19.6. The molecule has 0 aliphatic heterocycles. The van der Waals surface area contributed by atoms with Gasteiger partial charge in [0.05, 0.1) is 24.8 Å². The van der Waals surface area contributed by atoms with E-state index in [2.05, 4.69) is 0 Å². The van der Waals surface area contributed by atoms with Gasteiger partial charge in [-0.1, -0.05) is 90.5 Å². The lowest BCUT2D eigenvalue weighted by Crippen LogP contribution is -2.24. The second-order valence-electron chi connectivity index (χ2n) is 8.30. The standard InChI is InChI=1S/C30H27NO3/c1-21-14-16-26(27(18-21)30(33)34-3)28-25(17-15-23-10-6-4-7-11-23)22(2)19-31(29(28)32)20-24-12-8-5-9-13-24/h4-19H,20H2,1-3H3/b17-15+. The normalized spacial score (nSPS) is 11.0. The SMILES string of the molecule is COC(=O)c1cc(C)ccc1-c1c(/C=C/c2ccccc2)c(C)cn(Cc2ccccc2)c1=O. The van der Waals surface area contributed by atoms with E-state index >= 15 is 0 Å². The highest BCUT2D eigenvalue weighted by Gasteiger charge is 2.21. The zero-order valence-electron chi connectivity index (χ0n) is 19.6. The van der Waals surface area contributed by atoms with Gasteiger partial charge in [0, 0.05) is 11.8 Å². The Hall–Kier alpha value is -4.18. The van der Waals surface area contributed by atoms with Gasteiger partial charge in [0.15, 0.2) is 0 Å². The number of aromatic nitrogens is 1. The third kappa shape index (κ3) is 4.91. The van der Waals surface area contributed by atoms with Crippen molar-refractivity contribution < 1.29 is 9.53 Å². The topological polar surface area (TPSA) is 48.3 Å². The zero-order chi connectivity index (χ0) is 24.1. The third-order valence-electron chi connectivity index (χ3n) is 5.81. The number of esters is 1. The summed E-state index contributed by atoms with van der Waals surface area (Å²) in [7, 11) is 1.36. The minimum Gasteiger partial charge on any atom is -0.465 e. The van der Waals surface area contributed by atoms with Gasteiger partial charge in [-0.15, -0.1) is 0 Å². The fraction of sp³-hybridized carbons (Fsp3) is 0.133. The molecule has 4 rings (SSSR count). The highest BCUT2D eigenvalue weighted by molar-refractivity contribution is 5.99. The summed E-state index contributed by atoms with van der Waals surface area (Å²) < 4.78 is 6.76. The summed E-state index contributed by atoms with van der Waals surface area (Å²) in [5.41, 5.74) is 5.98. The molecule has 0 unspecified atom stereocenters. The molecule has 4 nitrogen and oxygen atoms in total. The van der Waals surface area contributed by atoms with Crippen LogP contribution in [-0.2, 0) is 11.3 Å². The van der Waals surface area contributed by atoms with Crippen molar-refractivity contribution in [2.24, 2.45) is 0 Å². The number of methoxy groups -OCH3 is 1. The second-order valence-corrected chi connectivity index (χ2v) is 8.30. The summed E-state index contributed by atoms with van der Waals surface area (Å²) in [5.74, 6) is -0.466. The molecular formula is C30H27NO3. The summed E-state index contributed by atoms with van der Waals surface area (Å²) in [6.07, 6.45) is 5.82. The first-order chi connectivity index (χ1) is 16.5. The summed E-state index contributed by atoms with van der Waals surface area (Å²) in [6.45, 7) is 4.34. The van der Waals surface area contributed by atoms with Crippen LogP contribution in [0.25, 0.3) is 23.3 Å². The van der Waals surface area contributed by atoms with Crippen molar-refractivity contribution >= 4 is 18.1 Å². The van der Waals surface area contributed by atoms with Crippen LogP contribution in [0, 0.1) is 13.8 Å². The van der Waals surface area contributed by atoms with E-state index in [0.717, 1.165) is 27.8 Å². The first-order valence-corrected chi connectivity index (χ1v) is 11.2. The second kappa shape index (κ2) is 10.2. The molecule has 0 fully saturated rings. The molecule has 0 saturated heterocycles. The van der Waals surface area contributed by atoms with Gasteiger partial charge < -0.3 is 9.30 Å². The Bertz CT molecular complexity index is 1400. The molecule has 4 aromatic rings. The van der Waals surface area contributed by atoms with Gasteiger partial charge in [-0.25, -0.2) is 4.79 Å². The lowest BCUT2D eigenvalue weighted by Gasteiger charge is -2.17. The molecule has 0 aliphatic rings. The molecule has 0 amide bonds. The fourth-order valence-electron chi connectivity index (χ4n) is 4.09. The van der Waals surface area contributed by atoms with E-state index in [0.29, 0.717) is 23.2 Å². The van der Waals surface area contributed by atoms with Gasteiger partial charge in [0.25, 0.3) is 5.56 Å². The van der Waals surface area contributed by atoms with E-state index in [9.17, 15) is 9.59 Å². The molecule has 0 spiro atoms. The number of carbonyl (C=O) groups is 1. The molecule has 3 aromatic carbocycles. The largest absolute Gasteiger partial charge is 0.465 e. The van der Waals surface area contributed by atoms with Crippen molar-refractivity contribution in [2.75, 3.05) is 7.11 Å². The maximum absolute atomic E-state index is 13.9. The van der Waals surface area contributed by atoms with Crippen LogP contribution in [0.4, 0.5) is 0 Å². The van der Waals surface area contributed by atoms with Crippen molar-refractivity contribution in [3.05, 3.63) is 129 Å². The number of nitrogens with zero attached hydrogens (tertiary/aromatic N) is 1. The average Bonchev–Trinajstić information content (AvgIpc) is 2.86. The number of benzene rings is 3. The van der Waals surface area contributed by atoms with Crippen molar-refractivity contribution in [3.63, 3.8) is 0 Å². The first-order valence-electron chi connectivity index (χ1n) is 11.2. The van der Waals surface area contributed by atoms with Gasteiger partial charge in [0.2, 0.25) is 0 Å². The molecule has 0 bridgehead atoms. The van der Waals surface area contributed by atoms with Gasteiger partial charge >= 0.3 is 5.97 Å². The Morgan fingerprint density at radius 2 is 1.59 bits per heavy atom. The monoisotopic (exact) mass is 449 g/mol. The van der Waals surface area contributed by atoms with E-state index in [-0.39, 0.29) is 5.56 Å². The molecule has 170 valence electrons. The van der Waals surface area contributed by atoms with Gasteiger partial charge in [-0.3, -0.25) is 4.79 Å². The summed E-state index contributed by atoms with van der Waals surface area (Å²) in [4.78, 5) is 26.6. The highest BCUT2D eigenvalue weighted by atomic mass is 16.5. The van der Waals surface area contributed by atoms with Crippen molar-refractivity contribution in [1.29, 1.82) is 0 Å². The minimum atomic E-state index is -0.466. The lowest BCUT2D eigenvalue weighted by molar-refractivity contribution is 0.0601. The maximum Gasteiger partial charge on any atom is 0.338 e. The smallest absolute Gasteiger partial charge is 0.338 e. The van der Waals surface area contributed by atoms with Gasteiger partial charge in [-0.2, -0.15) is 0 Å². The average molecular weight is 450 g/mol. The van der Waals surface area contributed by atoms with Crippen LogP contribution in [-0.4, -0.2) is 17.6 Å². The van der Waals surface area contributed by atoms with E-state index in [1.165, 1.54) is 7.11 Å². The summed E-state index contributed by atoms with van der Waals surface area (Å²) >= 11 is 0. The molecule has 0 saturated carbocycles. The van der Waals surface area contributed by atoms with E-state index < -0.39 is 5.97 Å². The molecule has 4 heteroatoms. The van der Waals surface area contributed by atoms with E-state index in [4.69, 9.17) is 4.74 Å². The number of hydrogen-bond donors (Lipinski definition) is 0. The molecule has 0 radical (unpaired) electrons. The number of carbonyl (C=O) groups excluding carboxylic acids is 1. The molecule has 1 aromatic heterocycles. The number of rotatable bonds is 6. The molecule has 34 heavy (non-hydrogen) atoms. The van der Waals surface area contributed by atoms with Crippen LogP contribution >= 0.6 is 0 Å². The Labute approximate surface area is 199 Å². The molecular weight excluding hydrogens is 422 g/mol. The van der Waals surface area contributed by atoms with Crippen molar-refractivity contribution in [1.82, 2.24) is 4.57 Å². The molecule has 0 N–H and O–H groups in total.